The second-order valence-corrected chi connectivity index (χ2v) is 7.49. The first-order valence-corrected chi connectivity index (χ1v) is 8.70. The molecule has 3 rings (SSSR count). The number of benzene rings is 1. The number of sulfonamides is 1. The highest BCUT2D eigenvalue weighted by molar-refractivity contribution is 7.89. The Labute approximate surface area is 129 Å². The van der Waals surface area contributed by atoms with Crippen LogP contribution in [0.4, 0.5) is 0 Å². The van der Waals surface area contributed by atoms with Crippen LogP contribution < -0.4 is 5.73 Å². The summed E-state index contributed by atoms with van der Waals surface area (Å²) in [5, 5.41) is 3.66. The van der Waals surface area contributed by atoms with E-state index in [2.05, 4.69) is 5.16 Å². The van der Waals surface area contributed by atoms with Crippen LogP contribution in [0.2, 0.25) is 0 Å². The molecule has 1 aliphatic rings. The molecule has 1 saturated heterocycles. The summed E-state index contributed by atoms with van der Waals surface area (Å²) in [5.74, 6) is 0.656. The van der Waals surface area contributed by atoms with Crippen molar-refractivity contribution in [2.75, 3.05) is 13.1 Å². The van der Waals surface area contributed by atoms with Crippen LogP contribution in [0, 0.1) is 5.92 Å². The molecular weight excluding hydrogens is 302 g/mol. The Bertz CT molecular complexity index is 743. The maximum Gasteiger partial charge on any atom is 0.244 e. The fourth-order valence-corrected chi connectivity index (χ4v) is 4.91. The van der Waals surface area contributed by atoms with Gasteiger partial charge in [0.05, 0.1) is 11.1 Å². The predicted octanol–water partition coefficient (Wildman–Crippen LogP) is 1.70. The van der Waals surface area contributed by atoms with E-state index >= 15 is 0 Å². The van der Waals surface area contributed by atoms with Crippen molar-refractivity contribution in [1.29, 1.82) is 0 Å². The third kappa shape index (κ3) is 2.55. The molecule has 2 unspecified atom stereocenters. The van der Waals surface area contributed by atoms with Crippen molar-refractivity contribution >= 4 is 10.0 Å². The fraction of sp³-hybridized carbons (Fsp3) is 0.400. The molecule has 0 aliphatic carbocycles. The second-order valence-electron chi connectivity index (χ2n) is 5.63. The Balaban J connectivity index is 2.04. The highest BCUT2D eigenvalue weighted by Crippen LogP contribution is 2.33. The zero-order valence-corrected chi connectivity index (χ0v) is 13.2. The van der Waals surface area contributed by atoms with Gasteiger partial charge in [-0.2, -0.15) is 4.31 Å². The van der Waals surface area contributed by atoms with Gasteiger partial charge in [-0.05, 0) is 37.9 Å². The van der Waals surface area contributed by atoms with E-state index in [0.717, 1.165) is 6.42 Å². The number of hydrogen-bond acceptors (Lipinski definition) is 5. The molecular formula is C15H19N3O3S. The Morgan fingerprint density at radius 2 is 2.14 bits per heavy atom. The minimum Gasteiger partial charge on any atom is -0.356 e. The molecule has 118 valence electrons. The van der Waals surface area contributed by atoms with Crippen LogP contribution in [0.1, 0.15) is 13.3 Å². The van der Waals surface area contributed by atoms with Crippen LogP contribution in [0.3, 0.4) is 0 Å². The van der Waals surface area contributed by atoms with Gasteiger partial charge in [-0.1, -0.05) is 17.3 Å². The van der Waals surface area contributed by atoms with E-state index in [1.165, 1.54) is 6.20 Å². The minimum atomic E-state index is -3.60. The molecule has 2 heterocycles. The van der Waals surface area contributed by atoms with Gasteiger partial charge < -0.3 is 10.3 Å². The van der Waals surface area contributed by atoms with Crippen molar-refractivity contribution in [3.05, 3.63) is 36.5 Å². The highest BCUT2D eigenvalue weighted by atomic mass is 32.2. The van der Waals surface area contributed by atoms with Crippen LogP contribution in [0.25, 0.3) is 11.3 Å². The van der Waals surface area contributed by atoms with Crippen molar-refractivity contribution < 1.29 is 12.9 Å². The molecule has 1 aromatic carbocycles. The summed E-state index contributed by atoms with van der Waals surface area (Å²) < 4.78 is 32.8. The molecule has 2 atom stereocenters. The molecule has 2 N–H and O–H groups in total. The van der Waals surface area contributed by atoms with Gasteiger partial charge >= 0.3 is 0 Å². The van der Waals surface area contributed by atoms with Crippen molar-refractivity contribution in [3.8, 4) is 11.3 Å². The summed E-state index contributed by atoms with van der Waals surface area (Å²) in [5.41, 5.74) is 6.23. The van der Waals surface area contributed by atoms with Crippen LogP contribution >= 0.6 is 0 Å². The van der Waals surface area contributed by atoms with Gasteiger partial charge in [-0.15, -0.1) is 0 Å². The van der Waals surface area contributed by atoms with Crippen LogP contribution in [0.15, 0.2) is 45.9 Å². The molecule has 1 fully saturated rings. The lowest BCUT2D eigenvalue weighted by Crippen LogP contribution is -2.34. The molecule has 6 nitrogen and oxygen atoms in total. The molecule has 2 aromatic rings. The standard InChI is InChI=1S/C15H19N3O3S/c1-11-8-12(9-16)10-18(11)22(19,20)15-5-3-2-4-13(15)14-6-7-17-21-14/h2-7,11-12H,8-10,16H2,1H3. The lowest BCUT2D eigenvalue weighted by molar-refractivity contribution is 0.403. The van der Waals surface area contributed by atoms with E-state index in [0.29, 0.717) is 24.4 Å². The van der Waals surface area contributed by atoms with Crippen molar-refractivity contribution in [3.63, 3.8) is 0 Å². The second kappa shape index (κ2) is 5.83. The molecule has 0 amide bonds. The molecule has 1 aliphatic heterocycles. The van der Waals surface area contributed by atoms with Gasteiger partial charge in [0, 0.05) is 24.2 Å². The van der Waals surface area contributed by atoms with E-state index in [1.54, 1.807) is 34.6 Å². The van der Waals surface area contributed by atoms with Crippen molar-refractivity contribution in [2.45, 2.75) is 24.3 Å². The molecule has 0 bridgehead atoms. The van der Waals surface area contributed by atoms with Gasteiger partial charge in [-0.3, -0.25) is 0 Å². The van der Waals surface area contributed by atoms with Crippen LogP contribution in [0.5, 0.6) is 0 Å². The normalized spacial score (nSPS) is 23.0. The lowest BCUT2D eigenvalue weighted by atomic mass is 10.1. The number of hydrogen-bond donors (Lipinski definition) is 1. The maximum atomic E-state index is 13.0. The smallest absolute Gasteiger partial charge is 0.244 e. The Morgan fingerprint density at radius 1 is 1.36 bits per heavy atom. The maximum absolute atomic E-state index is 13.0. The molecule has 0 radical (unpaired) electrons. The summed E-state index contributed by atoms with van der Waals surface area (Å²) in [7, 11) is -3.60. The summed E-state index contributed by atoms with van der Waals surface area (Å²) in [6.07, 6.45) is 2.29. The molecule has 1 aromatic heterocycles. The average Bonchev–Trinajstić information content (AvgIpc) is 3.16. The Morgan fingerprint density at radius 3 is 2.77 bits per heavy atom. The SMILES string of the molecule is CC1CC(CN)CN1S(=O)(=O)c1ccccc1-c1ccno1. The predicted molar refractivity (Wildman–Crippen MR) is 82.5 cm³/mol. The number of aromatic nitrogens is 1. The third-order valence-corrected chi connectivity index (χ3v) is 6.15. The van der Waals surface area contributed by atoms with E-state index in [-0.39, 0.29) is 16.9 Å². The third-order valence-electron chi connectivity index (χ3n) is 4.11. The summed E-state index contributed by atoms with van der Waals surface area (Å²) in [4.78, 5) is 0.247. The first kappa shape index (κ1) is 15.2. The Hall–Kier alpha value is -1.70. The first-order chi connectivity index (χ1) is 10.5. The molecule has 7 heteroatoms. The molecule has 0 spiro atoms. The first-order valence-electron chi connectivity index (χ1n) is 7.26. The minimum absolute atomic E-state index is 0.0543. The van der Waals surface area contributed by atoms with Gasteiger partial charge in [0.2, 0.25) is 10.0 Å². The van der Waals surface area contributed by atoms with Crippen molar-refractivity contribution in [1.82, 2.24) is 9.46 Å². The zero-order chi connectivity index (χ0) is 15.7. The number of nitrogens with zero attached hydrogens (tertiary/aromatic N) is 2. The summed E-state index contributed by atoms with van der Waals surface area (Å²) in [6, 6.07) is 8.44. The van der Waals surface area contributed by atoms with E-state index < -0.39 is 10.0 Å². The fourth-order valence-electron chi connectivity index (χ4n) is 2.99. The Kier molecular flexibility index (Phi) is 4.03. The largest absolute Gasteiger partial charge is 0.356 e. The van der Waals surface area contributed by atoms with E-state index in [1.807, 2.05) is 6.92 Å². The molecule has 0 saturated carbocycles. The van der Waals surface area contributed by atoms with Gasteiger partial charge in [0.25, 0.3) is 0 Å². The quantitative estimate of drug-likeness (QED) is 0.925. The topological polar surface area (TPSA) is 89.4 Å². The average molecular weight is 321 g/mol. The van der Waals surface area contributed by atoms with Gasteiger partial charge in [0.1, 0.15) is 0 Å². The highest BCUT2D eigenvalue weighted by Gasteiger charge is 2.38. The van der Waals surface area contributed by atoms with Gasteiger partial charge in [-0.25, -0.2) is 8.42 Å². The van der Waals surface area contributed by atoms with E-state index in [9.17, 15) is 8.42 Å². The van der Waals surface area contributed by atoms with Gasteiger partial charge in [0.15, 0.2) is 5.76 Å². The van der Waals surface area contributed by atoms with Crippen molar-refractivity contribution in [2.24, 2.45) is 11.7 Å². The number of rotatable bonds is 4. The zero-order valence-electron chi connectivity index (χ0n) is 12.3. The van der Waals surface area contributed by atoms with Crippen LogP contribution in [-0.2, 0) is 10.0 Å². The summed E-state index contributed by atoms with van der Waals surface area (Å²) >= 11 is 0. The van der Waals surface area contributed by atoms with E-state index in [4.69, 9.17) is 10.3 Å². The summed E-state index contributed by atoms with van der Waals surface area (Å²) in [6.45, 7) is 2.88. The lowest BCUT2D eigenvalue weighted by Gasteiger charge is -2.22. The van der Waals surface area contributed by atoms with Crippen LogP contribution in [-0.4, -0.2) is 37.0 Å². The number of nitrogens with two attached hydrogens (primary N) is 1. The molecule has 22 heavy (non-hydrogen) atoms. The monoisotopic (exact) mass is 321 g/mol.